The number of nitro groups is 1. The van der Waals surface area contributed by atoms with Crippen molar-refractivity contribution in [2.45, 2.75) is 6.61 Å². The molecule has 0 aliphatic rings. The van der Waals surface area contributed by atoms with Crippen LogP contribution in [0.25, 0.3) is 0 Å². The molecule has 0 aliphatic carbocycles. The van der Waals surface area contributed by atoms with E-state index < -0.39 is 17.4 Å². The van der Waals surface area contributed by atoms with Crippen molar-refractivity contribution in [1.82, 2.24) is 0 Å². The summed E-state index contributed by atoms with van der Waals surface area (Å²) in [6.07, 6.45) is 0. The Bertz CT molecular complexity index is 700. The van der Waals surface area contributed by atoms with Crippen LogP contribution in [0.3, 0.4) is 0 Å². The minimum atomic E-state index is -0.644. The largest absolute Gasteiger partial charge is 0.457 e. The normalized spacial score (nSPS) is 10.1. The maximum Gasteiger partial charge on any atom is 0.275 e. The van der Waals surface area contributed by atoms with Crippen LogP contribution in [0.1, 0.15) is 15.9 Å². The van der Waals surface area contributed by atoms with Gasteiger partial charge in [-0.25, -0.2) is 0 Å². The van der Waals surface area contributed by atoms with Gasteiger partial charge in [-0.05, 0) is 24.3 Å². The number of para-hydroxylation sites is 1. The Morgan fingerprint density at radius 1 is 1.29 bits per heavy atom. The van der Waals surface area contributed by atoms with Crippen LogP contribution in [0.2, 0.25) is 0 Å². The molecule has 0 aromatic heterocycles. The lowest BCUT2D eigenvalue weighted by atomic mass is 10.1. The fourth-order valence-corrected chi connectivity index (χ4v) is 1.82. The van der Waals surface area contributed by atoms with Crippen LogP contribution in [0, 0.1) is 10.1 Å². The Kier molecular flexibility index (Phi) is 4.15. The number of rotatable bonds is 5. The van der Waals surface area contributed by atoms with Crippen molar-refractivity contribution in [1.29, 1.82) is 0 Å². The average molecular weight is 288 g/mol. The first-order valence-electron chi connectivity index (χ1n) is 5.97. The Labute approximate surface area is 119 Å². The van der Waals surface area contributed by atoms with Crippen molar-refractivity contribution in [2.75, 3.05) is 0 Å². The molecule has 3 N–H and O–H groups in total. The van der Waals surface area contributed by atoms with Crippen molar-refractivity contribution >= 4 is 11.6 Å². The summed E-state index contributed by atoms with van der Waals surface area (Å²) < 4.78 is 5.51. The van der Waals surface area contributed by atoms with E-state index in [4.69, 9.17) is 15.6 Å². The third kappa shape index (κ3) is 3.15. The average Bonchev–Trinajstić information content (AvgIpc) is 2.47. The molecule has 2 aromatic rings. The number of nitrogens with zero attached hydrogens (tertiary/aromatic N) is 1. The molecule has 0 bridgehead atoms. The van der Waals surface area contributed by atoms with Crippen molar-refractivity contribution in [3.05, 3.63) is 63.7 Å². The summed E-state index contributed by atoms with van der Waals surface area (Å²) in [5.41, 5.74) is 5.35. The molecule has 108 valence electrons. The number of hydrogen-bond acceptors (Lipinski definition) is 5. The molecule has 2 rings (SSSR count). The third-order valence-electron chi connectivity index (χ3n) is 2.80. The van der Waals surface area contributed by atoms with E-state index in [1.165, 1.54) is 24.3 Å². The predicted molar refractivity (Wildman–Crippen MR) is 74.1 cm³/mol. The second-order valence-corrected chi connectivity index (χ2v) is 4.17. The van der Waals surface area contributed by atoms with Crippen molar-refractivity contribution in [2.24, 2.45) is 5.73 Å². The summed E-state index contributed by atoms with van der Waals surface area (Å²) in [7, 11) is 0. The fraction of sp³-hybridized carbons (Fsp3) is 0.0714. The highest BCUT2D eigenvalue weighted by Gasteiger charge is 2.15. The Balaban J connectivity index is 2.37. The number of benzene rings is 2. The van der Waals surface area contributed by atoms with E-state index in [1.54, 1.807) is 18.2 Å². The number of carbonyl (C=O) groups is 1. The number of primary amides is 1. The van der Waals surface area contributed by atoms with Crippen LogP contribution in [-0.2, 0) is 6.61 Å². The van der Waals surface area contributed by atoms with Crippen LogP contribution in [0.5, 0.6) is 11.5 Å². The minimum Gasteiger partial charge on any atom is -0.457 e. The number of hydrogen-bond donors (Lipinski definition) is 2. The van der Waals surface area contributed by atoms with Gasteiger partial charge in [-0.3, -0.25) is 14.9 Å². The maximum absolute atomic E-state index is 11.3. The molecule has 0 spiro atoms. The molecule has 1 amide bonds. The monoisotopic (exact) mass is 288 g/mol. The summed E-state index contributed by atoms with van der Waals surface area (Å²) >= 11 is 0. The Hall–Kier alpha value is -2.93. The van der Waals surface area contributed by atoms with Crippen LogP contribution >= 0.6 is 0 Å². The predicted octanol–water partition coefficient (Wildman–Crippen LogP) is 1.98. The van der Waals surface area contributed by atoms with Gasteiger partial charge in [0, 0.05) is 6.07 Å². The van der Waals surface area contributed by atoms with E-state index in [1.807, 2.05) is 0 Å². The summed E-state index contributed by atoms with van der Waals surface area (Å²) in [5.74, 6) is -0.143. The number of ether oxygens (including phenoxy) is 1. The molecule has 7 nitrogen and oxygen atoms in total. The number of aliphatic hydroxyl groups excluding tert-OH is 1. The first-order chi connectivity index (χ1) is 10.0. The standard InChI is InChI=1S/C14H12N2O5/c15-14(18)11-3-1-2-4-13(11)21-10-5-6-12(16(19)20)9(7-10)8-17/h1-7,17H,8H2,(H2,15,18). The van der Waals surface area contributed by atoms with Gasteiger partial charge in [0.2, 0.25) is 0 Å². The van der Waals surface area contributed by atoms with Gasteiger partial charge in [0.15, 0.2) is 0 Å². The summed E-state index contributed by atoms with van der Waals surface area (Å²) in [4.78, 5) is 21.5. The van der Waals surface area contributed by atoms with Gasteiger partial charge in [0.05, 0.1) is 22.7 Å². The maximum atomic E-state index is 11.3. The van der Waals surface area contributed by atoms with Crippen LogP contribution in [0.15, 0.2) is 42.5 Å². The smallest absolute Gasteiger partial charge is 0.275 e. The van der Waals surface area contributed by atoms with Gasteiger partial charge in [-0.1, -0.05) is 12.1 Å². The topological polar surface area (TPSA) is 116 Å². The van der Waals surface area contributed by atoms with Crippen molar-refractivity contribution < 1.29 is 19.6 Å². The number of amides is 1. The summed E-state index contributed by atoms with van der Waals surface area (Å²) in [6, 6.07) is 10.3. The number of nitrogens with two attached hydrogens (primary N) is 1. The molecule has 0 saturated carbocycles. The molecule has 0 heterocycles. The minimum absolute atomic E-state index is 0.119. The van der Waals surface area contributed by atoms with Gasteiger partial charge in [0.25, 0.3) is 11.6 Å². The van der Waals surface area contributed by atoms with E-state index >= 15 is 0 Å². The highest BCUT2D eigenvalue weighted by molar-refractivity contribution is 5.95. The quantitative estimate of drug-likeness (QED) is 0.644. The molecular weight excluding hydrogens is 276 g/mol. The molecule has 0 unspecified atom stereocenters. The molecule has 0 aliphatic heterocycles. The van der Waals surface area contributed by atoms with Gasteiger partial charge < -0.3 is 15.6 Å². The van der Waals surface area contributed by atoms with Gasteiger partial charge in [-0.2, -0.15) is 0 Å². The lowest BCUT2D eigenvalue weighted by Gasteiger charge is -2.10. The van der Waals surface area contributed by atoms with Gasteiger partial charge in [0.1, 0.15) is 11.5 Å². The highest BCUT2D eigenvalue weighted by atomic mass is 16.6. The zero-order valence-electron chi connectivity index (χ0n) is 10.9. The van der Waals surface area contributed by atoms with Crippen molar-refractivity contribution in [3.8, 4) is 11.5 Å². The fourth-order valence-electron chi connectivity index (χ4n) is 1.82. The zero-order valence-corrected chi connectivity index (χ0v) is 10.9. The summed E-state index contributed by atoms with van der Waals surface area (Å²) in [6.45, 7) is -0.495. The second kappa shape index (κ2) is 6.02. The third-order valence-corrected chi connectivity index (χ3v) is 2.80. The van der Waals surface area contributed by atoms with Crippen LogP contribution in [-0.4, -0.2) is 15.9 Å². The summed E-state index contributed by atoms with van der Waals surface area (Å²) in [5, 5.41) is 20.0. The van der Waals surface area contributed by atoms with E-state index in [0.29, 0.717) is 0 Å². The highest BCUT2D eigenvalue weighted by Crippen LogP contribution is 2.29. The lowest BCUT2D eigenvalue weighted by Crippen LogP contribution is -2.12. The van der Waals surface area contributed by atoms with E-state index in [0.717, 1.165) is 0 Å². The van der Waals surface area contributed by atoms with E-state index in [9.17, 15) is 14.9 Å². The lowest BCUT2D eigenvalue weighted by molar-refractivity contribution is -0.385. The molecule has 0 radical (unpaired) electrons. The number of carbonyl (C=O) groups excluding carboxylic acids is 1. The van der Waals surface area contributed by atoms with E-state index in [-0.39, 0.29) is 28.3 Å². The molecule has 0 fully saturated rings. The molecule has 0 atom stereocenters. The van der Waals surface area contributed by atoms with Crippen LogP contribution < -0.4 is 10.5 Å². The number of nitro benzene ring substituents is 1. The van der Waals surface area contributed by atoms with Crippen molar-refractivity contribution in [3.63, 3.8) is 0 Å². The van der Waals surface area contributed by atoms with Gasteiger partial charge in [-0.15, -0.1) is 0 Å². The molecule has 21 heavy (non-hydrogen) atoms. The molecule has 0 saturated heterocycles. The SMILES string of the molecule is NC(=O)c1ccccc1Oc1ccc([N+](=O)[O-])c(CO)c1. The first-order valence-corrected chi connectivity index (χ1v) is 5.97. The molecule has 2 aromatic carbocycles. The van der Waals surface area contributed by atoms with Gasteiger partial charge >= 0.3 is 0 Å². The Morgan fingerprint density at radius 3 is 2.62 bits per heavy atom. The van der Waals surface area contributed by atoms with E-state index in [2.05, 4.69) is 0 Å². The zero-order chi connectivity index (χ0) is 15.4. The molecular formula is C14H12N2O5. The number of aliphatic hydroxyl groups is 1. The molecule has 7 heteroatoms. The van der Waals surface area contributed by atoms with Crippen LogP contribution in [0.4, 0.5) is 5.69 Å². The Morgan fingerprint density at radius 2 is 2.00 bits per heavy atom. The second-order valence-electron chi connectivity index (χ2n) is 4.17. The first kappa shape index (κ1) is 14.5.